The Morgan fingerprint density at radius 3 is 2.53 bits per heavy atom. The Kier molecular flexibility index (Phi) is 6.89. The molecule has 0 spiro atoms. The number of benzene rings is 1. The first-order chi connectivity index (χ1) is 9.21. The van der Waals surface area contributed by atoms with Gasteiger partial charge in [0.1, 0.15) is 6.61 Å². The van der Waals surface area contributed by atoms with Crippen LogP contribution in [0, 0.1) is 0 Å². The Morgan fingerprint density at radius 1 is 1.21 bits per heavy atom. The van der Waals surface area contributed by atoms with Crippen molar-refractivity contribution in [2.45, 2.75) is 13.8 Å². The third kappa shape index (κ3) is 5.26. The summed E-state index contributed by atoms with van der Waals surface area (Å²) in [6.07, 6.45) is -0.549. The molecular weight excluding hydrogens is 270 g/mol. The molecule has 0 bridgehead atoms. The molecule has 0 fully saturated rings. The van der Waals surface area contributed by atoms with E-state index in [2.05, 4.69) is 5.32 Å². The molecule has 106 valence electrons. The van der Waals surface area contributed by atoms with E-state index in [0.717, 1.165) is 0 Å². The molecule has 1 amide bonds. The first kappa shape index (κ1) is 15.4. The predicted octanol–water partition coefficient (Wildman–Crippen LogP) is 3.27. The molecule has 0 heterocycles. The highest BCUT2D eigenvalue weighted by molar-refractivity contribution is 6.18. The first-order valence-corrected chi connectivity index (χ1v) is 6.64. The summed E-state index contributed by atoms with van der Waals surface area (Å²) in [4.78, 5) is 11.4. The highest BCUT2D eigenvalue weighted by Crippen LogP contribution is 2.30. The number of carbonyl (C=O) groups is 1. The lowest BCUT2D eigenvalue weighted by molar-refractivity contribution is 0.168. The zero-order chi connectivity index (χ0) is 14.1. The number of anilines is 1. The van der Waals surface area contributed by atoms with E-state index in [1.807, 2.05) is 13.8 Å². The molecule has 1 rings (SSSR count). The van der Waals surface area contributed by atoms with Gasteiger partial charge in [-0.2, -0.15) is 0 Å². The quantitative estimate of drug-likeness (QED) is 0.782. The molecule has 0 aliphatic rings. The Bertz CT molecular complexity index is 412. The molecule has 0 saturated heterocycles. The van der Waals surface area contributed by atoms with E-state index < -0.39 is 6.09 Å². The third-order valence-corrected chi connectivity index (χ3v) is 2.25. The molecule has 0 radical (unpaired) electrons. The second-order valence-corrected chi connectivity index (χ2v) is 3.86. The summed E-state index contributed by atoms with van der Waals surface area (Å²) < 4.78 is 15.7. The molecular formula is C13H18ClNO4. The van der Waals surface area contributed by atoms with Gasteiger partial charge in [-0.3, -0.25) is 5.32 Å². The van der Waals surface area contributed by atoms with Gasteiger partial charge in [0.2, 0.25) is 0 Å². The predicted molar refractivity (Wildman–Crippen MR) is 74.5 cm³/mol. The Hall–Kier alpha value is -1.62. The van der Waals surface area contributed by atoms with Crippen LogP contribution in [-0.2, 0) is 4.74 Å². The van der Waals surface area contributed by atoms with Crippen molar-refractivity contribution in [1.82, 2.24) is 0 Å². The fraction of sp³-hybridized carbons (Fsp3) is 0.462. The van der Waals surface area contributed by atoms with Crippen LogP contribution in [0.3, 0.4) is 0 Å². The van der Waals surface area contributed by atoms with Gasteiger partial charge in [0.15, 0.2) is 11.5 Å². The second kappa shape index (κ2) is 8.48. The Labute approximate surface area is 117 Å². The Balaban J connectivity index is 2.74. The van der Waals surface area contributed by atoms with E-state index >= 15 is 0 Å². The number of halogens is 1. The SMILES string of the molecule is CCOc1ccc(NC(=O)OCCCl)cc1OCC. The largest absolute Gasteiger partial charge is 0.490 e. The summed E-state index contributed by atoms with van der Waals surface area (Å²) >= 11 is 5.43. The third-order valence-electron chi connectivity index (χ3n) is 2.10. The number of hydrogen-bond acceptors (Lipinski definition) is 4. The van der Waals surface area contributed by atoms with Crippen LogP contribution in [0.5, 0.6) is 11.5 Å². The Morgan fingerprint density at radius 2 is 1.89 bits per heavy atom. The fourth-order valence-corrected chi connectivity index (χ4v) is 1.49. The molecule has 0 unspecified atom stereocenters. The molecule has 19 heavy (non-hydrogen) atoms. The lowest BCUT2D eigenvalue weighted by Gasteiger charge is -2.12. The van der Waals surface area contributed by atoms with Crippen molar-refractivity contribution in [3.05, 3.63) is 18.2 Å². The van der Waals surface area contributed by atoms with Crippen LogP contribution in [0.25, 0.3) is 0 Å². The smallest absolute Gasteiger partial charge is 0.411 e. The first-order valence-electron chi connectivity index (χ1n) is 6.10. The van der Waals surface area contributed by atoms with Gasteiger partial charge in [-0.15, -0.1) is 11.6 Å². The maximum Gasteiger partial charge on any atom is 0.411 e. The summed E-state index contributed by atoms with van der Waals surface area (Å²) in [7, 11) is 0. The molecule has 6 heteroatoms. The number of nitrogens with one attached hydrogen (secondary N) is 1. The summed E-state index contributed by atoms with van der Waals surface area (Å²) in [6.45, 7) is 5.00. The topological polar surface area (TPSA) is 56.8 Å². The van der Waals surface area contributed by atoms with Gasteiger partial charge < -0.3 is 14.2 Å². The average Bonchev–Trinajstić information content (AvgIpc) is 2.40. The molecule has 1 aromatic carbocycles. The molecule has 5 nitrogen and oxygen atoms in total. The minimum absolute atomic E-state index is 0.169. The van der Waals surface area contributed by atoms with Crippen LogP contribution >= 0.6 is 11.6 Å². The number of amides is 1. The lowest BCUT2D eigenvalue weighted by atomic mass is 10.2. The number of rotatable bonds is 7. The van der Waals surface area contributed by atoms with Crippen molar-refractivity contribution in [2.75, 3.05) is 31.0 Å². The lowest BCUT2D eigenvalue weighted by Crippen LogP contribution is -2.15. The standard InChI is InChI=1S/C13H18ClNO4/c1-3-17-11-6-5-10(9-12(11)18-4-2)15-13(16)19-8-7-14/h5-6,9H,3-4,7-8H2,1-2H3,(H,15,16). The molecule has 1 N–H and O–H groups in total. The van der Waals surface area contributed by atoms with Crippen molar-refractivity contribution in [3.63, 3.8) is 0 Å². The maximum atomic E-state index is 11.4. The van der Waals surface area contributed by atoms with Crippen molar-refractivity contribution in [2.24, 2.45) is 0 Å². The minimum atomic E-state index is -0.549. The maximum absolute atomic E-state index is 11.4. The zero-order valence-corrected chi connectivity index (χ0v) is 11.8. The van der Waals surface area contributed by atoms with Crippen molar-refractivity contribution in [3.8, 4) is 11.5 Å². The van der Waals surface area contributed by atoms with E-state index in [1.54, 1.807) is 18.2 Å². The van der Waals surface area contributed by atoms with Crippen LogP contribution in [0.1, 0.15) is 13.8 Å². The van der Waals surface area contributed by atoms with Crippen LogP contribution in [0.15, 0.2) is 18.2 Å². The molecule has 0 atom stereocenters. The number of hydrogen-bond donors (Lipinski definition) is 1. The van der Waals surface area contributed by atoms with Crippen molar-refractivity contribution < 1.29 is 19.0 Å². The van der Waals surface area contributed by atoms with Crippen LogP contribution in [-0.4, -0.2) is 31.8 Å². The van der Waals surface area contributed by atoms with Crippen LogP contribution < -0.4 is 14.8 Å². The molecule has 0 aliphatic carbocycles. The van der Waals surface area contributed by atoms with Gasteiger partial charge in [0.25, 0.3) is 0 Å². The van der Waals surface area contributed by atoms with Gasteiger partial charge in [0.05, 0.1) is 19.1 Å². The van der Waals surface area contributed by atoms with E-state index in [1.165, 1.54) is 0 Å². The van der Waals surface area contributed by atoms with Gasteiger partial charge in [-0.25, -0.2) is 4.79 Å². The monoisotopic (exact) mass is 287 g/mol. The van der Waals surface area contributed by atoms with Crippen molar-refractivity contribution in [1.29, 1.82) is 0 Å². The van der Waals surface area contributed by atoms with E-state index in [-0.39, 0.29) is 12.5 Å². The normalized spacial score (nSPS) is 9.84. The molecule has 1 aromatic rings. The number of ether oxygens (including phenoxy) is 3. The van der Waals surface area contributed by atoms with Crippen LogP contribution in [0.4, 0.5) is 10.5 Å². The van der Waals surface area contributed by atoms with Gasteiger partial charge in [0, 0.05) is 11.8 Å². The molecule has 0 saturated carbocycles. The van der Waals surface area contributed by atoms with E-state index in [0.29, 0.717) is 30.4 Å². The van der Waals surface area contributed by atoms with Crippen molar-refractivity contribution >= 4 is 23.4 Å². The highest BCUT2D eigenvalue weighted by atomic mass is 35.5. The van der Waals surface area contributed by atoms with Crippen LogP contribution in [0.2, 0.25) is 0 Å². The van der Waals surface area contributed by atoms with Gasteiger partial charge in [-0.1, -0.05) is 0 Å². The number of carbonyl (C=O) groups excluding carboxylic acids is 1. The molecule has 0 aromatic heterocycles. The fourth-order valence-electron chi connectivity index (χ4n) is 1.41. The zero-order valence-electron chi connectivity index (χ0n) is 11.1. The summed E-state index contributed by atoms with van der Waals surface area (Å²) in [5.41, 5.74) is 0.575. The van der Waals surface area contributed by atoms with E-state index in [9.17, 15) is 4.79 Å². The van der Waals surface area contributed by atoms with E-state index in [4.69, 9.17) is 25.8 Å². The summed E-state index contributed by atoms with van der Waals surface area (Å²) in [6, 6.07) is 5.15. The average molecular weight is 288 g/mol. The minimum Gasteiger partial charge on any atom is -0.490 e. The summed E-state index contributed by atoms with van der Waals surface area (Å²) in [5, 5.41) is 2.59. The van der Waals surface area contributed by atoms with Gasteiger partial charge in [-0.05, 0) is 26.0 Å². The number of alkyl halides is 1. The van der Waals surface area contributed by atoms with Gasteiger partial charge >= 0.3 is 6.09 Å². The second-order valence-electron chi connectivity index (χ2n) is 3.48. The summed E-state index contributed by atoms with van der Waals surface area (Å²) in [5.74, 6) is 1.49. The molecule has 0 aliphatic heterocycles. The highest BCUT2D eigenvalue weighted by Gasteiger charge is 2.08.